The Morgan fingerprint density at radius 1 is 1.14 bits per heavy atom. The van der Waals surface area contributed by atoms with Crippen molar-refractivity contribution in [3.8, 4) is 0 Å². The summed E-state index contributed by atoms with van der Waals surface area (Å²) in [6.07, 6.45) is 2.45. The molecule has 1 aromatic heterocycles. The maximum Gasteiger partial charge on any atom is 0.227 e. The van der Waals surface area contributed by atoms with Crippen LogP contribution < -0.4 is 4.90 Å². The molecule has 0 atom stereocenters. The molecule has 0 N–H and O–H groups in total. The van der Waals surface area contributed by atoms with Crippen LogP contribution >= 0.6 is 22.9 Å². The molecule has 2 aromatic rings. The van der Waals surface area contributed by atoms with Gasteiger partial charge >= 0.3 is 0 Å². The van der Waals surface area contributed by atoms with Gasteiger partial charge in [0.05, 0.1) is 9.21 Å². The van der Waals surface area contributed by atoms with Crippen LogP contribution in [0.25, 0.3) is 0 Å². The molecule has 1 aromatic carbocycles. The molecule has 114 valence electrons. The first-order chi connectivity index (χ1) is 10.6. The monoisotopic (exact) mass is 333 g/mol. The molecule has 1 amide bonds. The van der Waals surface area contributed by atoms with Gasteiger partial charge in [-0.15, -0.1) is 11.3 Å². The van der Waals surface area contributed by atoms with Gasteiger partial charge in [-0.3, -0.25) is 9.59 Å². The number of halogens is 1. The number of thiophene rings is 1. The maximum absolute atomic E-state index is 12.5. The predicted octanol–water partition coefficient (Wildman–Crippen LogP) is 4.34. The van der Waals surface area contributed by atoms with E-state index < -0.39 is 0 Å². The number of anilines is 1. The van der Waals surface area contributed by atoms with E-state index in [-0.39, 0.29) is 24.5 Å². The van der Waals surface area contributed by atoms with Gasteiger partial charge in [0.15, 0.2) is 5.78 Å². The Morgan fingerprint density at radius 3 is 2.73 bits per heavy atom. The van der Waals surface area contributed by atoms with E-state index in [1.54, 1.807) is 12.1 Å². The number of para-hydroxylation sites is 1. The lowest BCUT2D eigenvalue weighted by atomic mass is 10.0. The van der Waals surface area contributed by atoms with E-state index in [0.717, 1.165) is 25.1 Å². The first kappa shape index (κ1) is 15.3. The van der Waals surface area contributed by atoms with Crippen molar-refractivity contribution >= 4 is 40.3 Å². The summed E-state index contributed by atoms with van der Waals surface area (Å²) in [6, 6.07) is 11.4. The molecule has 3 rings (SSSR count). The average Bonchev–Trinajstić information content (AvgIpc) is 2.98. The largest absolute Gasteiger partial charge is 0.312 e. The average molecular weight is 334 g/mol. The van der Waals surface area contributed by atoms with Gasteiger partial charge in [-0.2, -0.15) is 0 Å². The Balaban J connectivity index is 1.65. The normalized spacial score (nSPS) is 13.8. The van der Waals surface area contributed by atoms with E-state index in [9.17, 15) is 9.59 Å². The van der Waals surface area contributed by atoms with Crippen LogP contribution in [0.1, 0.15) is 34.5 Å². The number of nitrogens with zero attached hydrogens (tertiary/aromatic N) is 1. The number of fused-ring (bicyclic) bond motifs is 1. The Morgan fingerprint density at radius 2 is 1.95 bits per heavy atom. The van der Waals surface area contributed by atoms with Crippen LogP contribution in [-0.2, 0) is 11.2 Å². The van der Waals surface area contributed by atoms with Crippen molar-refractivity contribution in [3.63, 3.8) is 0 Å². The highest BCUT2D eigenvalue weighted by Crippen LogP contribution is 2.28. The summed E-state index contributed by atoms with van der Waals surface area (Å²) in [7, 11) is 0. The zero-order chi connectivity index (χ0) is 15.5. The second-order valence-corrected chi connectivity index (χ2v) is 7.02. The van der Waals surface area contributed by atoms with Crippen LogP contribution in [0, 0.1) is 0 Å². The standard InChI is InChI=1S/C17H16ClNO2S/c18-16-9-8-15(22-16)14(20)7-10-17(21)19-11-3-5-12-4-1-2-6-13(12)19/h1-2,4,6,8-9H,3,5,7,10-11H2. The molecule has 1 aliphatic heterocycles. The fraction of sp³-hybridized carbons (Fsp3) is 0.294. The second-order valence-electron chi connectivity index (χ2n) is 5.30. The molecule has 0 radical (unpaired) electrons. The topological polar surface area (TPSA) is 37.4 Å². The summed E-state index contributed by atoms with van der Waals surface area (Å²) in [6.45, 7) is 0.731. The van der Waals surface area contributed by atoms with E-state index in [2.05, 4.69) is 6.07 Å². The number of ketones is 1. The number of Topliss-reactive ketones (excluding diaryl/α,β-unsaturated/α-hetero) is 1. The Kier molecular flexibility index (Phi) is 4.60. The van der Waals surface area contributed by atoms with E-state index in [1.165, 1.54) is 16.9 Å². The highest BCUT2D eigenvalue weighted by atomic mass is 35.5. The molecule has 22 heavy (non-hydrogen) atoms. The fourth-order valence-corrected chi connectivity index (χ4v) is 3.75. The van der Waals surface area contributed by atoms with Crippen LogP contribution in [0.15, 0.2) is 36.4 Å². The van der Waals surface area contributed by atoms with Crippen LogP contribution in [0.5, 0.6) is 0 Å². The van der Waals surface area contributed by atoms with Crippen LogP contribution in [0.2, 0.25) is 4.34 Å². The fourth-order valence-electron chi connectivity index (χ4n) is 2.74. The van der Waals surface area contributed by atoms with Gasteiger partial charge in [-0.1, -0.05) is 29.8 Å². The molecule has 0 bridgehead atoms. The molecule has 0 spiro atoms. The van der Waals surface area contributed by atoms with Gasteiger partial charge in [0.2, 0.25) is 5.91 Å². The smallest absolute Gasteiger partial charge is 0.227 e. The maximum atomic E-state index is 12.5. The summed E-state index contributed by atoms with van der Waals surface area (Å²) < 4.78 is 0.597. The van der Waals surface area contributed by atoms with Gasteiger partial charge in [0, 0.05) is 25.1 Å². The molecule has 2 heterocycles. The third kappa shape index (κ3) is 3.23. The molecule has 0 saturated heterocycles. The SMILES string of the molecule is O=C(CCC(=O)N1CCCc2ccccc21)c1ccc(Cl)s1. The van der Waals surface area contributed by atoms with Gasteiger partial charge in [-0.05, 0) is 36.6 Å². The molecular formula is C17H16ClNO2S. The number of benzene rings is 1. The third-order valence-corrected chi connectivity index (χ3v) is 5.10. The van der Waals surface area contributed by atoms with Crippen molar-refractivity contribution in [1.82, 2.24) is 0 Å². The predicted molar refractivity (Wildman–Crippen MR) is 90.0 cm³/mol. The lowest BCUT2D eigenvalue weighted by Crippen LogP contribution is -2.35. The molecule has 3 nitrogen and oxygen atoms in total. The number of aryl methyl sites for hydroxylation is 1. The van der Waals surface area contributed by atoms with Crippen LogP contribution in [0.3, 0.4) is 0 Å². The summed E-state index contributed by atoms with van der Waals surface area (Å²) >= 11 is 7.10. The zero-order valence-electron chi connectivity index (χ0n) is 12.0. The summed E-state index contributed by atoms with van der Waals surface area (Å²) in [5.41, 5.74) is 2.20. The molecular weight excluding hydrogens is 318 g/mol. The molecule has 0 fully saturated rings. The molecule has 1 aliphatic rings. The Bertz CT molecular complexity index is 710. The molecule has 0 aliphatic carbocycles. The van der Waals surface area contributed by atoms with Crippen molar-refractivity contribution in [3.05, 3.63) is 51.2 Å². The van der Waals surface area contributed by atoms with Gasteiger partial charge < -0.3 is 4.90 Å². The van der Waals surface area contributed by atoms with E-state index in [1.807, 2.05) is 23.1 Å². The number of hydrogen-bond acceptors (Lipinski definition) is 3. The first-order valence-corrected chi connectivity index (χ1v) is 8.51. The number of amides is 1. The minimum Gasteiger partial charge on any atom is -0.312 e. The lowest BCUT2D eigenvalue weighted by Gasteiger charge is -2.29. The summed E-state index contributed by atoms with van der Waals surface area (Å²) in [5.74, 6) is -0.00121. The van der Waals surface area contributed by atoms with Gasteiger partial charge in [-0.25, -0.2) is 0 Å². The minimum atomic E-state index is -0.0180. The molecule has 5 heteroatoms. The number of carbonyl (C=O) groups excluding carboxylic acids is 2. The Labute approximate surface area is 138 Å². The van der Waals surface area contributed by atoms with E-state index >= 15 is 0 Å². The first-order valence-electron chi connectivity index (χ1n) is 7.32. The third-order valence-electron chi connectivity index (χ3n) is 3.83. The van der Waals surface area contributed by atoms with Crippen LogP contribution in [-0.4, -0.2) is 18.2 Å². The van der Waals surface area contributed by atoms with E-state index in [4.69, 9.17) is 11.6 Å². The van der Waals surface area contributed by atoms with Crippen molar-refractivity contribution in [2.24, 2.45) is 0 Å². The number of rotatable bonds is 4. The van der Waals surface area contributed by atoms with Crippen molar-refractivity contribution in [1.29, 1.82) is 0 Å². The zero-order valence-corrected chi connectivity index (χ0v) is 13.6. The summed E-state index contributed by atoms with van der Waals surface area (Å²) in [5, 5.41) is 0. The van der Waals surface area contributed by atoms with Crippen molar-refractivity contribution in [2.75, 3.05) is 11.4 Å². The van der Waals surface area contributed by atoms with Crippen molar-refractivity contribution < 1.29 is 9.59 Å². The number of hydrogen-bond donors (Lipinski definition) is 0. The summed E-state index contributed by atoms with van der Waals surface area (Å²) in [4.78, 5) is 27.0. The highest BCUT2D eigenvalue weighted by molar-refractivity contribution is 7.18. The van der Waals surface area contributed by atoms with E-state index in [0.29, 0.717) is 9.21 Å². The lowest BCUT2D eigenvalue weighted by molar-refractivity contribution is -0.118. The van der Waals surface area contributed by atoms with Crippen LogP contribution in [0.4, 0.5) is 5.69 Å². The molecule has 0 saturated carbocycles. The minimum absolute atomic E-state index is 0.0168. The second kappa shape index (κ2) is 6.63. The van der Waals surface area contributed by atoms with Gasteiger partial charge in [0.25, 0.3) is 0 Å². The van der Waals surface area contributed by atoms with Crippen molar-refractivity contribution in [2.45, 2.75) is 25.7 Å². The quantitative estimate of drug-likeness (QED) is 0.780. The molecule has 0 unspecified atom stereocenters. The Hall–Kier alpha value is -1.65. The highest BCUT2D eigenvalue weighted by Gasteiger charge is 2.22. The number of carbonyl (C=O) groups is 2. The van der Waals surface area contributed by atoms with Gasteiger partial charge in [0.1, 0.15) is 0 Å².